The van der Waals surface area contributed by atoms with Crippen molar-refractivity contribution in [1.29, 1.82) is 0 Å². The first-order valence-corrected chi connectivity index (χ1v) is 12.7. The second-order valence-electron chi connectivity index (χ2n) is 6.84. The van der Waals surface area contributed by atoms with Gasteiger partial charge in [-0.05, 0) is 71.9 Å². The van der Waals surface area contributed by atoms with Crippen molar-refractivity contribution in [2.75, 3.05) is 7.11 Å². The van der Waals surface area contributed by atoms with Crippen LogP contribution < -0.4 is 14.2 Å². The Bertz CT molecular complexity index is 1410. The van der Waals surface area contributed by atoms with Crippen LogP contribution in [0.4, 0.5) is 5.69 Å². The van der Waals surface area contributed by atoms with Gasteiger partial charge in [0.25, 0.3) is 5.91 Å². The molecule has 1 amide bonds. The number of benzene rings is 3. The Morgan fingerprint density at radius 2 is 1.74 bits per heavy atom. The maximum absolute atomic E-state index is 12.6. The van der Waals surface area contributed by atoms with Gasteiger partial charge in [0, 0.05) is 5.02 Å². The number of rotatable bonds is 6. The fraction of sp³-hybridized carbons (Fsp3) is 0.0435. The van der Waals surface area contributed by atoms with Crippen LogP contribution >= 0.6 is 35.0 Å². The van der Waals surface area contributed by atoms with Crippen LogP contribution in [-0.2, 0) is 14.9 Å². The fourth-order valence-corrected chi connectivity index (χ4v) is 5.16. The molecule has 1 N–H and O–H groups in total. The van der Waals surface area contributed by atoms with Crippen LogP contribution in [-0.4, -0.2) is 26.6 Å². The molecule has 3 aromatic rings. The largest absolute Gasteiger partial charge is 0.493 e. The van der Waals surface area contributed by atoms with Crippen LogP contribution in [0.5, 0.6) is 11.5 Å². The molecule has 0 bridgehead atoms. The van der Waals surface area contributed by atoms with E-state index in [4.69, 9.17) is 32.1 Å². The number of hydrogen-bond donors (Lipinski definition) is 1. The molecule has 0 atom stereocenters. The van der Waals surface area contributed by atoms with E-state index in [1.54, 1.807) is 48.5 Å². The highest BCUT2D eigenvalue weighted by Gasteiger charge is 2.25. The zero-order chi connectivity index (χ0) is 24.3. The van der Waals surface area contributed by atoms with Crippen molar-refractivity contribution in [3.8, 4) is 11.5 Å². The monoisotopic (exact) mass is 534 g/mol. The predicted octanol–water partition coefficient (Wildman–Crippen LogP) is 5.66. The lowest BCUT2D eigenvalue weighted by molar-refractivity contribution is -0.115. The minimum absolute atomic E-state index is 0.00386. The second-order valence-corrected chi connectivity index (χ2v) is 10.3. The molecule has 0 saturated carbocycles. The number of amidine groups is 1. The molecule has 1 aliphatic heterocycles. The van der Waals surface area contributed by atoms with Gasteiger partial charge in [-0.2, -0.15) is 8.42 Å². The molecule has 0 radical (unpaired) electrons. The van der Waals surface area contributed by atoms with Gasteiger partial charge in [-0.25, -0.2) is 4.99 Å². The number of thioether (sulfide) groups is 1. The molecule has 0 spiro atoms. The highest BCUT2D eigenvalue weighted by molar-refractivity contribution is 8.18. The van der Waals surface area contributed by atoms with E-state index in [0.29, 0.717) is 26.3 Å². The van der Waals surface area contributed by atoms with Crippen LogP contribution in [0.2, 0.25) is 10.0 Å². The quantitative estimate of drug-likeness (QED) is 0.323. The van der Waals surface area contributed by atoms with E-state index in [1.165, 1.54) is 31.4 Å². The topological polar surface area (TPSA) is 94.1 Å². The van der Waals surface area contributed by atoms with Crippen molar-refractivity contribution < 1.29 is 22.1 Å². The molecule has 3 aromatic carbocycles. The van der Waals surface area contributed by atoms with E-state index < -0.39 is 10.1 Å². The maximum Gasteiger partial charge on any atom is 0.339 e. The van der Waals surface area contributed by atoms with Crippen LogP contribution in [0.25, 0.3) is 6.08 Å². The van der Waals surface area contributed by atoms with Crippen molar-refractivity contribution in [3.05, 3.63) is 87.2 Å². The summed E-state index contributed by atoms with van der Waals surface area (Å²) in [6, 6.07) is 17.6. The molecule has 1 saturated heterocycles. The van der Waals surface area contributed by atoms with Crippen LogP contribution in [0.3, 0.4) is 0 Å². The van der Waals surface area contributed by atoms with Crippen molar-refractivity contribution in [3.63, 3.8) is 0 Å². The predicted molar refractivity (Wildman–Crippen MR) is 135 cm³/mol. The first-order valence-electron chi connectivity index (χ1n) is 9.67. The number of nitrogens with zero attached hydrogens (tertiary/aromatic N) is 1. The summed E-state index contributed by atoms with van der Waals surface area (Å²) >= 11 is 13.4. The SMILES string of the molecule is COc1cc(/C=C2/SC(=Nc3ccc(Cl)cc3)NC2=O)cc(Cl)c1OS(=O)(=O)c1ccccc1. The molecular weight excluding hydrogens is 519 g/mol. The standard InChI is InChI=1S/C23H16Cl2N2O5S2/c1-31-19-12-14(11-18(25)21(19)32-34(29,30)17-5-3-2-4-6-17)13-20-22(28)27-23(33-20)26-16-9-7-15(24)8-10-16/h2-13H,1H3,(H,26,27,28)/b20-13+. The van der Waals surface area contributed by atoms with Crippen molar-refractivity contribution in [1.82, 2.24) is 5.32 Å². The Balaban J connectivity index is 1.60. The van der Waals surface area contributed by atoms with Gasteiger partial charge in [-0.3, -0.25) is 4.79 Å². The number of carbonyl (C=O) groups is 1. The fourth-order valence-electron chi connectivity index (χ4n) is 2.91. The molecule has 11 heteroatoms. The molecule has 174 valence electrons. The number of methoxy groups -OCH3 is 1. The van der Waals surface area contributed by atoms with Crippen LogP contribution in [0.1, 0.15) is 5.56 Å². The summed E-state index contributed by atoms with van der Waals surface area (Å²) in [5.74, 6) is -0.388. The normalized spacial score (nSPS) is 16.0. The first-order chi connectivity index (χ1) is 16.2. The van der Waals surface area contributed by atoms with Crippen LogP contribution in [0.15, 0.2) is 81.5 Å². The van der Waals surface area contributed by atoms with Gasteiger partial charge < -0.3 is 14.2 Å². The molecule has 0 aliphatic carbocycles. The summed E-state index contributed by atoms with van der Waals surface area (Å²) < 4.78 is 35.8. The van der Waals surface area contributed by atoms with Gasteiger partial charge in [0.1, 0.15) is 4.90 Å². The third-order valence-electron chi connectivity index (χ3n) is 4.48. The number of hydrogen-bond acceptors (Lipinski definition) is 7. The maximum atomic E-state index is 12.6. The Morgan fingerprint density at radius 3 is 2.41 bits per heavy atom. The number of carbonyl (C=O) groups excluding carboxylic acids is 1. The smallest absolute Gasteiger partial charge is 0.339 e. The zero-order valence-electron chi connectivity index (χ0n) is 17.5. The van der Waals surface area contributed by atoms with E-state index in [0.717, 1.165) is 11.8 Å². The van der Waals surface area contributed by atoms with E-state index in [1.807, 2.05) is 0 Å². The minimum atomic E-state index is -4.12. The molecule has 1 fully saturated rings. The molecule has 1 heterocycles. The highest BCUT2D eigenvalue weighted by Crippen LogP contribution is 2.39. The van der Waals surface area contributed by atoms with Gasteiger partial charge in [0.2, 0.25) is 5.75 Å². The molecular formula is C23H16Cl2N2O5S2. The molecule has 1 aliphatic rings. The van der Waals surface area contributed by atoms with Crippen molar-refractivity contribution >= 4 is 67.9 Å². The average Bonchev–Trinajstić information content (AvgIpc) is 3.15. The summed E-state index contributed by atoms with van der Waals surface area (Å²) in [5.41, 5.74) is 1.15. The molecule has 0 unspecified atom stereocenters. The summed E-state index contributed by atoms with van der Waals surface area (Å²) in [4.78, 5) is 17.1. The van der Waals surface area contributed by atoms with Crippen molar-refractivity contribution in [2.45, 2.75) is 4.90 Å². The van der Waals surface area contributed by atoms with Gasteiger partial charge in [0.05, 0.1) is 22.7 Å². The Kier molecular flexibility index (Phi) is 7.18. The van der Waals surface area contributed by atoms with Crippen molar-refractivity contribution in [2.24, 2.45) is 4.99 Å². The molecule has 34 heavy (non-hydrogen) atoms. The number of amides is 1. The summed E-state index contributed by atoms with van der Waals surface area (Å²) in [6.07, 6.45) is 1.59. The Hall–Kier alpha value is -2.98. The minimum Gasteiger partial charge on any atom is -0.493 e. The van der Waals surface area contributed by atoms with Gasteiger partial charge >= 0.3 is 10.1 Å². The lowest BCUT2D eigenvalue weighted by atomic mass is 10.2. The number of nitrogens with one attached hydrogen (secondary N) is 1. The van der Waals surface area contributed by atoms with E-state index >= 15 is 0 Å². The number of halogens is 2. The van der Waals surface area contributed by atoms with Gasteiger partial charge in [0.15, 0.2) is 10.9 Å². The number of ether oxygens (including phenoxy) is 1. The molecule has 7 nitrogen and oxygen atoms in total. The second kappa shape index (κ2) is 10.1. The summed E-state index contributed by atoms with van der Waals surface area (Å²) in [5, 5.41) is 3.69. The van der Waals surface area contributed by atoms with Crippen LogP contribution in [0, 0.1) is 0 Å². The summed E-state index contributed by atoms with van der Waals surface area (Å²) in [7, 11) is -2.76. The van der Waals surface area contributed by atoms with Gasteiger partial charge in [-0.15, -0.1) is 0 Å². The van der Waals surface area contributed by atoms with E-state index in [9.17, 15) is 13.2 Å². The van der Waals surface area contributed by atoms with E-state index in [-0.39, 0.29) is 27.3 Å². The van der Waals surface area contributed by atoms with Gasteiger partial charge in [-0.1, -0.05) is 41.4 Å². The third-order valence-corrected chi connectivity index (χ3v) is 7.16. The first kappa shape index (κ1) is 24.2. The van der Waals surface area contributed by atoms with E-state index in [2.05, 4.69) is 10.3 Å². The highest BCUT2D eigenvalue weighted by atomic mass is 35.5. The Morgan fingerprint density at radius 1 is 1.03 bits per heavy atom. The zero-order valence-corrected chi connectivity index (χ0v) is 20.6. The lowest BCUT2D eigenvalue weighted by Crippen LogP contribution is -2.19. The molecule has 4 rings (SSSR count). The third kappa shape index (κ3) is 5.56. The number of aliphatic imine (C=N–C) groups is 1. The summed E-state index contributed by atoms with van der Waals surface area (Å²) in [6.45, 7) is 0. The average molecular weight is 535 g/mol. The lowest BCUT2D eigenvalue weighted by Gasteiger charge is -2.13. The molecule has 0 aromatic heterocycles. The Labute approximate surface area is 210 Å².